The molecule has 4 atom stereocenters. The van der Waals surface area contributed by atoms with E-state index < -0.39 is 35.4 Å². The molecular weight excluding hydrogens is 248 g/mol. The topological polar surface area (TPSA) is 137 Å². The Bertz CT molecular complexity index is 382. The number of nitrogens with zero attached hydrogens (tertiary/aromatic N) is 4. The SMILES string of the molecule is CC(=O)OC1COC(O[N+](=O)[O-])C(N=[N+]=[N-])C1C. The summed E-state index contributed by atoms with van der Waals surface area (Å²) in [4.78, 5) is 28.0. The Balaban J connectivity index is 2.80. The maximum Gasteiger partial charge on any atom is 0.302 e. The van der Waals surface area contributed by atoms with Crippen LogP contribution in [0.5, 0.6) is 0 Å². The monoisotopic (exact) mass is 260 g/mol. The van der Waals surface area contributed by atoms with Crippen molar-refractivity contribution in [3.8, 4) is 0 Å². The van der Waals surface area contributed by atoms with E-state index in [1.165, 1.54) is 6.92 Å². The normalized spacial score (nSPS) is 31.0. The van der Waals surface area contributed by atoms with Crippen molar-refractivity contribution < 1.29 is 24.2 Å². The van der Waals surface area contributed by atoms with E-state index in [0.29, 0.717) is 0 Å². The summed E-state index contributed by atoms with van der Waals surface area (Å²) >= 11 is 0. The minimum Gasteiger partial charge on any atom is -0.460 e. The van der Waals surface area contributed by atoms with Crippen LogP contribution in [-0.2, 0) is 19.1 Å². The summed E-state index contributed by atoms with van der Waals surface area (Å²) in [6.07, 6.45) is -1.93. The highest BCUT2D eigenvalue weighted by atomic mass is 17.0. The van der Waals surface area contributed by atoms with Gasteiger partial charge in [0.05, 0.1) is 12.6 Å². The van der Waals surface area contributed by atoms with E-state index in [0.717, 1.165) is 0 Å². The van der Waals surface area contributed by atoms with Gasteiger partial charge in [0.15, 0.2) is 0 Å². The highest BCUT2D eigenvalue weighted by molar-refractivity contribution is 5.66. The summed E-state index contributed by atoms with van der Waals surface area (Å²) in [5.41, 5.74) is 8.43. The average molecular weight is 260 g/mol. The molecule has 10 nitrogen and oxygen atoms in total. The predicted molar refractivity (Wildman–Crippen MR) is 55.5 cm³/mol. The van der Waals surface area contributed by atoms with Crippen LogP contribution in [0.25, 0.3) is 10.4 Å². The molecule has 1 saturated heterocycles. The van der Waals surface area contributed by atoms with Gasteiger partial charge in [-0.25, -0.2) is 0 Å². The molecule has 1 heterocycles. The molecule has 0 amide bonds. The molecule has 18 heavy (non-hydrogen) atoms. The Morgan fingerprint density at radius 3 is 2.83 bits per heavy atom. The van der Waals surface area contributed by atoms with Crippen molar-refractivity contribution in [1.82, 2.24) is 0 Å². The first-order chi connectivity index (χ1) is 8.45. The van der Waals surface area contributed by atoms with Gasteiger partial charge in [0.2, 0.25) is 6.29 Å². The molecule has 0 saturated carbocycles. The van der Waals surface area contributed by atoms with E-state index >= 15 is 0 Å². The molecule has 1 fully saturated rings. The third-order valence-electron chi connectivity index (χ3n) is 2.52. The van der Waals surface area contributed by atoms with Gasteiger partial charge >= 0.3 is 5.97 Å². The number of hydrogen-bond donors (Lipinski definition) is 0. The van der Waals surface area contributed by atoms with Crippen molar-refractivity contribution in [2.45, 2.75) is 32.3 Å². The Kier molecular flexibility index (Phi) is 4.69. The largest absolute Gasteiger partial charge is 0.460 e. The lowest BCUT2D eigenvalue weighted by Crippen LogP contribution is -2.50. The van der Waals surface area contributed by atoms with Gasteiger partial charge in [0.1, 0.15) is 6.10 Å². The van der Waals surface area contributed by atoms with Crippen LogP contribution in [0.15, 0.2) is 5.11 Å². The standard InChI is InChI=1S/C8H12N4O6/c1-4-6(17-5(2)13)3-16-8(18-12(14)15)7(4)10-11-9/h4,6-8H,3H2,1-2H3. The van der Waals surface area contributed by atoms with E-state index in [1.807, 2.05) is 0 Å². The summed E-state index contributed by atoms with van der Waals surface area (Å²) in [7, 11) is 0. The van der Waals surface area contributed by atoms with Gasteiger partial charge in [-0.1, -0.05) is 12.0 Å². The zero-order chi connectivity index (χ0) is 13.7. The first-order valence-electron chi connectivity index (χ1n) is 5.10. The highest BCUT2D eigenvalue weighted by Gasteiger charge is 2.41. The minimum absolute atomic E-state index is 0.0588. The van der Waals surface area contributed by atoms with Crippen molar-refractivity contribution in [1.29, 1.82) is 0 Å². The lowest BCUT2D eigenvalue weighted by molar-refractivity contribution is -0.782. The number of carbonyl (C=O) groups is 1. The van der Waals surface area contributed by atoms with E-state index in [9.17, 15) is 14.9 Å². The van der Waals surface area contributed by atoms with Gasteiger partial charge < -0.3 is 9.47 Å². The zero-order valence-corrected chi connectivity index (χ0v) is 9.75. The number of esters is 1. The van der Waals surface area contributed by atoms with E-state index in [2.05, 4.69) is 14.9 Å². The van der Waals surface area contributed by atoms with Gasteiger partial charge in [-0.2, -0.15) is 0 Å². The Morgan fingerprint density at radius 2 is 2.33 bits per heavy atom. The maximum atomic E-state index is 10.9. The summed E-state index contributed by atoms with van der Waals surface area (Å²) in [6, 6.07) is -0.946. The fourth-order valence-electron chi connectivity index (χ4n) is 1.66. The molecule has 4 unspecified atom stereocenters. The van der Waals surface area contributed by atoms with Crippen molar-refractivity contribution >= 4 is 5.97 Å². The second-order valence-corrected chi connectivity index (χ2v) is 3.73. The van der Waals surface area contributed by atoms with Gasteiger partial charge in [0.25, 0.3) is 5.09 Å². The second kappa shape index (κ2) is 6.03. The molecule has 10 heteroatoms. The highest BCUT2D eigenvalue weighted by Crippen LogP contribution is 2.27. The van der Waals surface area contributed by atoms with Crippen molar-refractivity contribution in [3.05, 3.63) is 20.6 Å². The molecule has 0 aromatic rings. The molecule has 0 spiro atoms. The second-order valence-electron chi connectivity index (χ2n) is 3.73. The molecular formula is C8H12N4O6. The summed E-state index contributed by atoms with van der Waals surface area (Å²) in [5, 5.41) is 12.6. The van der Waals surface area contributed by atoms with Crippen LogP contribution in [0, 0.1) is 16.0 Å². The van der Waals surface area contributed by atoms with Gasteiger partial charge in [0, 0.05) is 17.8 Å². The lowest BCUT2D eigenvalue weighted by Gasteiger charge is -2.36. The fraction of sp³-hybridized carbons (Fsp3) is 0.875. The lowest BCUT2D eigenvalue weighted by atomic mass is 9.93. The van der Waals surface area contributed by atoms with Gasteiger partial charge in [-0.05, 0) is 5.53 Å². The number of carbonyl (C=O) groups excluding carboxylic acids is 1. The first kappa shape index (κ1) is 14.0. The summed E-state index contributed by atoms with van der Waals surface area (Å²) < 4.78 is 9.99. The minimum atomic E-state index is -1.29. The number of azide groups is 1. The van der Waals surface area contributed by atoms with Crippen molar-refractivity contribution in [2.24, 2.45) is 11.0 Å². The molecule has 0 bridgehead atoms. The van der Waals surface area contributed by atoms with E-state index in [-0.39, 0.29) is 6.61 Å². The first-order valence-corrected chi connectivity index (χ1v) is 5.10. The predicted octanol–water partition coefficient (Wildman–Crippen LogP) is 0.798. The molecule has 0 N–H and O–H groups in total. The maximum absolute atomic E-state index is 10.9. The van der Waals surface area contributed by atoms with Gasteiger partial charge in [-0.15, -0.1) is 10.1 Å². The fourth-order valence-corrected chi connectivity index (χ4v) is 1.66. The Morgan fingerprint density at radius 1 is 1.67 bits per heavy atom. The summed E-state index contributed by atoms with van der Waals surface area (Å²) in [6.45, 7) is 2.80. The van der Waals surface area contributed by atoms with Crippen LogP contribution >= 0.6 is 0 Å². The van der Waals surface area contributed by atoms with Crippen LogP contribution in [-0.4, -0.2) is 36.1 Å². The Labute approximate surface area is 102 Å². The van der Waals surface area contributed by atoms with Gasteiger partial charge in [-0.3, -0.25) is 9.63 Å². The third-order valence-corrected chi connectivity index (χ3v) is 2.52. The number of hydrogen-bond acceptors (Lipinski definition) is 7. The molecule has 0 aliphatic carbocycles. The third kappa shape index (κ3) is 3.47. The molecule has 1 aliphatic heterocycles. The molecule has 0 radical (unpaired) electrons. The van der Waals surface area contributed by atoms with E-state index in [1.54, 1.807) is 6.92 Å². The zero-order valence-electron chi connectivity index (χ0n) is 9.75. The molecule has 1 aliphatic rings. The van der Waals surface area contributed by atoms with Crippen molar-refractivity contribution in [3.63, 3.8) is 0 Å². The van der Waals surface area contributed by atoms with Crippen molar-refractivity contribution in [2.75, 3.05) is 6.61 Å². The van der Waals surface area contributed by atoms with E-state index in [4.69, 9.17) is 15.0 Å². The van der Waals surface area contributed by atoms with Crippen LogP contribution in [0.4, 0.5) is 0 Å². The smallest absolute Gasteiger partial charge is 0.302 e. The van der Waals surface area contributed by atoms with Crippen LogP contribution in [0.2, 0.25) is 0 Å². The average Bonchev–Trinajstić information content (AvgIpc) is 2.26. The van der Waals surface area contributed by atoms with Crippen LogP contribution in [0.3, 0.4) is 0 Å². The molecule has 0 aromatic heterocycles. The molecule has 1 rings (SSSR count). The molecule has 100 valence electrons. The summed E-state index contributed by atoms with van der Waals surface area (Å²) in [5.74, 6) is -0.965. The quantitative estimate of drug-likeness (QED) is 0.183. The number of ether oxygens (including phenoxy) is 2. The van der Waals surface area contributed by atoms with Crippen LogP contribution < -0.4 is 0 Å². The molecule has 0 aromatic carbocycles. The Hall–Kier alpha value is -2.06. The number of rotatable bonds is 4. The van der Waals surface area contributed by atoms with Crippen LogP contribution in [0.1, 0.15) is 13.8 Å².